The first kappa shape index (κ1) is 22.0. The molecule has 1 heterocycles. The molecule has 0 fully saturated rings. The normalized spacial score (nSPS) is 11.0. The van der Waals surface area contributed by atoms with Gasteiger partial charge in [-0.25, -0.2) is 4.98 Å². The highest BCUT2D eigenvalue weighted by atomic mass is 127. The molecule has 0 bridgehead atoms. The first-order valence-electron chi connectivity index (χ1n) is 7.70. The fourth-order valence-corrected chi connectivity index (χ4v) is 3.38. The lowest BCUT2D eigenvalue weighted by Gasteiger charge is -2.22. The largest absolute Gasteiger partial charge is 0.354 e. The van der Waals surface area contributed by atoms with Gasteiger partial charge in [0.15, 0.2) is 11.1 Å². The number of nitrogens with one attached hydrogen (secondary N) is 1. The van der Waals surface area contributed by atoms with Crippen molar-refractivity contribution in [2.45, 2.75) is 18.0 Å². The van der Waals surface area contributed by atoms with Gasteiger partial charge >= 0.3 is 0 Å². The van der Waals surface area contributed by atoms with Crippen LogP contribution in [0, 0.1) is 0 Å². The number of benzene rings is 1. The number of thiazole rings is 1. The molecule has 0 radical (unpaired) electrons. The Morgan fingerprint density at radius 3 is 2.44 bits per heavy atom. The Hall–Kier alpha value is -1.000. The van der Waals surface area contributed by atoms with Gasteiger partial charge < -0.3 is 15.1 Å². The third-order valence-electron chi connectivity index (χ3n) is 3.50. The van der Waals surface area contributed by atoms with Crippen LogP contribution in [0.5, 0.6) is 0 Å². The van der Waals surface area contributed by atoms with Gasteiger partial charge in [-0.3, -0.25) is 4.99 Å². The summed E-state index contributed by atoms with van der Waals surface area (Å²) >= 11 is 3.41. The van der Waals surface area contributed by atoms with Crippen LogP contribution in [0.3, 0.4) is 0 Å². The van der Waals surface area contributed by atoms with Crippen molar-refractivity contribution < 1.29 is 0 Å². The van der Waals surface area contributed by atoms with Crippen LogP contribution in [0.1, 0.15) is 11.3 Å². The average molecular weight is 491 g/mol. The number of hydrogen-bond donors (Lipinski definition) is 1. The third kappa shape index (κ3) is 6.67. The number of hydrogen-bond acceptors (Lipinski definition) is 5. The Morgan fingerprint density at radius 2 is 1.92 bits per heavy atom. The zero-order chi connectivity index (χ0) is 17.5. The van der Waals surface area contributed by atoms with Gasteiger partial charge in [-0.15, -0.1) is 47.1 Å². The van der Waals surface area contributed by atoms with Crippen LogP contribution < -0.4 is 10.2 Å². The Balaban J connectivity index is 0.00000312. The van der Waals surface area contributed by atoms with E-state index in [9.17, 15) is 0 Å². The number of rotatable bonds is 6. The Kier molecular flexibility index (Phi) is 9.58. The zero-order valence-electron chi connectivity index (χ0n) is 15.3. The highest BCUT2D eigenvalue weighted by molar-refractivity contribution is 14.0. The van der Waals surface area contributed by atoms with Gasteiger partial charge in [-0.1, -0.05) is 12.1 Å². The average Bonchev–Trinajstić information content (AvgIpc) is 3.05. The highest BCUT2D eigenvalue weighted by Gasteiger charge is 2.09. The van der Waals surface area contributed by atoms with Crippen LogP contribution in [0.25, 0.3) is 0 Å². The van der Waals surface area contributed by atoms with E-state index in [0.29, 0.717) is 6.54 Å². The summed E-state index contributed by atoms with van der Waals surface area (Å²) < 4.78 is 0. The Bertz CT molecular complexity index is 670. The van der Waals surface area contributed by atoms with Crippen molar-refractivity contribution in [1.82, 2.24) is 15.2 Å². The van der Waals surface area contributed by atoms with Gasteiger partial charge in [0.1, 0.15) is 0 Å². The van der Waals surface area contributed by atoms with E-state index in [2.05, 4.69) is 56.1 Å². The first-order chi connectivity index (χ1) is 11.5. The molecule has 138 valence electrons. The number of nitrogens with zero attached hydrogens (tertiary/aromatic N) is 4. The molecular formula is C17H26IN5S2. The van der Waals surface area contributed by atoms with E-state index < -0.39 is 0 Å². The van der Waals surface area contributed by atoms with Crippen LogP contribution in [-0.2, 0) is 13.1 Å². The van der Waals surface area contributed by atoms with Crippen molar-refractivity contribution in [3.05, 3.63) is 40.9 Å². The lowest BCUT2D eigenvalue weighted by molar-refractivity contribution is 0.476. The summed E-state index contributed by atoms with van der Waals surface area (Å²) in [6.07, 6.45) is 2.09. The molecule has 0 saturated carbocycles. The number of anilines is 1. The summed E-state index contributed by atoms with van der Waals surface area (Å²) in [5.41, 5.74) is 2.30. The number of aliphatic imine (C=N–C) groups is 1. The minimum Gasteiger partial charge on any atom is -0.354 e. The van der Waals surface area contributed by atoms with E-state index in [-0.39, 0.29) is 24.0 Å². The van der Waals surface area contributed by atoms with E-state index in [1.54, 1.807) is 23.1 Å². The molecule has 1 N–H and O–H groups in total. The first-order valence-corrected chi connectivity index (χ1v) is 9.80. The summed E-state index contributed by atoms with van der Waals surface area (Å²) in [5, 5.41) is 6.48. The fourth-order valence-electron chi connectivity index (χ4n) is 2.22. The standard InChI is InChI=1S/C17H25N5S2.HI/c1-18-16(19-10-14-12-24-17(20-14)21(2)3)22(4)11-13-6-8-15(23-5)9-7-13;/h6-9,12H,10-11H2,1-5H3,(H,18,19);1H. The van der Waals surface area contributed by atoms with Gasteiger partial charge in [0.2, 0.25) is 0 Å². The summed E-state index contributed by atoms with van der Waals surface area (Å²) in [6, 6.07) is 8.64. The molecule has 0 unspecified atom stereocenters. The maximum Gasteiger partial charge on any atom is 0.194 e. The van der Waals surface area contributed by atoms with E-state index in [1.807, 2.05) is 33.1 Å². The molecule has 0 aliphatic carbocycles. The second-order valence-corrected chi connectivity index (χ2v) is 7.34. The maximum absolute atomic E-state index is 4.58. The van der Waals surface area contributed by atoms with E-state index in [4.69, 9.17) is 0 Å². The number of guanidine groups is 1. The summed E-state index contributed by atoms with van der Waals surface area (Å²) in [4.78, 5) is 14.4. The molecule has 8 heteroatoms. The second kappa shape index (κ2) is 10.9. The van der Waals surface area contributed by atoms with Crippen molar-refractivity contribution in [3.8, 4) is 0 Å². The van der Waals surface area contributed by atoms with Crippen LogP contribution in [0.15, 0.2) is 39.5 Å². The molecule has 2 rings (SSSR count). The van der Waals surface area contributed by atoms with Gasteiger partial charge in [-0.2, -0.15) is 0 Å². The molecule has 2 aromatic rings. The molecule has 0 spiro atoms. The van der Waals surface area contributed by atoms with Crippen molar-refractivity contribution in [1.29, 1.82) is 0 Å². The molecule has 1 aromatic carbocycles. The highest BCUT2D eigenvalue weighted by Crippen LogP contribution is 2.18. The smallest absolute Gasteiger partial charge is 0.194 e. The van der Waals surface area contributed by atoms with E-state index in [0.717, 1.165) is 23.3 Å². The van der Waals surface area contributed by atoms with Crippen molar-refractivity contribution in [2.75, 3.05) is 39.3 Å². The minimum absolute atomic E-state index is 0. The Morgan fingerprint density at radius 1 is 1.24 bits per heavy atom. The van der Waals surface area contributed by atoms with Crippen molar-refractivity contribution >= 4 is 58.2 Å². The molecule has 25 heavy (non-hydrogen) atoms. The van der Waals surface area contributed by atoms with Gasteiger partial charge in [0.25, 0.3) is 0 Å². The third-order valence-corrected chi connectivity index (χ3v) is 5.30. The lowest BCUT2D eigenvalue weighted by Crippen LogP contribution is -2.38. The van der Waals surface area contributed by atoms with Crippen molar-refractivity contribution in [2.24, 2.45) is 4.99 Å². The molecule has 0 atom stereocenters. The van der Waals surface area contributed by atoms with Crippen molar-refractivity contribution in [3.63, 3.8) is 0 Å². The maximum atomic E-state index is 4.58. The molecular weight excluding hydrogens is 465 g/mol. The van der Waals surface area contributed by atoms with Gasteiger partial charge in [0, 0.05) is 45.0 Å². The second-order valence-electron chi connectivity index (χ2n) is 5.62. The van der Waals surface area contributed by atoms with Gasteiger partial charge in [-0.05, 0) is 24.0 Å². The van der Waals surface area contributed by atoms with Crippen LogP contribution >= 0.6 is 47.1 Å². The van der Waals surface area contributed by atoms with Crippen LogP contribution in [0.4, 0.5) is 5.13 Å². The molecule has 0 aliphatic rings. The van der Waals surface area contributed by atoms with Gasteiger partial charge in [0.05, 0.1) is 12.2 Å². The number of halogens is 1. The van der Waals surface area contributed by atoms with E-state index in [1.165, 1.54) is 10.5 Å². The summed E-state index contributed by atoms with van der Waals surface area (Å²) in [6.45, 7) is 1.49. The molecule has 0 amide bonds. The predicted octanol–water partition coefficient (Wildman–Crippen LogP) is 3.76. The SMILES string of the molecule is CN=C(NCc1csc(N(C)C)n1)N(C)Cc1ccc(SC)cc1.I. The minimum atomic E-state index is 0. The number of aromatic nitrogens is 1. The molecule has 0 saturated heterocycles. The molecule has 0 aliphatic heterocycles. The summed E-state index contributed by atoms with van der Waals surface area (Å²) in [5.74, 6) is 0.864. The molecule has 1 aromatic heterocycles. The zero-order valence-corrected chi connectivity index (χ0v) is 19.3. The monoisotopic (exact) mass is 491 g/mol. The summed E-state index contributed by atoms with van der Waals surface area (Å²) in [7, 11) is 7.86. The van der Waals surface area contributed by atoms with Crippen LogP contribution in [-0.4, -0.2) is 50.3 Å². The number of thioether (sulfide) groups is 1. The lowest BCUT2D eigenvalue weighted by atomic mass is 10.2. The topological polar surface area (TPSA) is 43.8 Å². The van der Waals surface area contributed by atoms with Crippen LogP contribution in [0.2, 0.25) is 0 Å². The Labute approximate surface area is 175 Å². The quantitative estimate of drug-likeness (QED) is 0.289. The molecule has 5 nitrogen and oxygen atoms in total. The van der Waals surface area contributed by atoms with E-state index >= 15 is 0 Å². The fraction of sp³-hybridized carbons (Fsp3) is 0.412. The predicted molar refractivity (Wildman–Crippen MR) is 122 cm³/mol.